The van der Waals surface area contributed by atoms with Gasteiger partial charge in [-0.05, 0) is 54.1 Å². The molecule has 0 saturated carbocycles. The molecule has 4 aromatic rings. The van der Waals surface area contributed by atoms with Crippen LogP contribution in [0.3, 0.4) is 0 Å². The van der Waals surface area contributed by atoms with E-state index in [1.165, 1.54) is 0 Å². The normalized spacial score (nSPS) is 10.7. The smallest absolute Gasteiger partial charge is 0.0561 e. The predicted molar refractivity (Wildman–Crippen MR) is 119 cm³/mol. The van der Waals surface area contributed by atoms with Crippen LogP contribution in [0.5, 0.6) is 0 Å². The fourth-order valence-corrected chi connectivity index (χ4v) is 3.00. The molecule has 28 heavy (non-hydrogen) atoms. The number of nitrogens with one attached hydrogen (secondary N) is 1. The number of hydrogen-bond acceptors (Lipinski definition) is 3. The minimum absolute atomic E-state index is 0.967. The maximum atomic E-state index is 4.31. The lowest BCUT2D eigenvalue weighted by atomic mass is 10.1. The Hall–Kier alpha value is -3.85. The lowest BCUT2D eigenvalue weighted by Gasteiger charge is -2.25. The highest BCUT2D eigenvalue weighted by molar-refractivity contribution is 5.83. The Bertz CT molecular complexity index is 972. The number of anilines is 4. The summed E-state index contributed by atoms with van der Waals surface area (Å²) in [4.78, 5) is 2.24. The van der Waals surface area contributed by atoms with E-state index in [-0.39, 0.29) is 0 Å². The summed E-state index contributed by atoms with van der Waals surface area (Å²) in [7, 11) is 0. The maximum Gasteiger partial charge on any atom is 0.0561 e. The summed E-state index contributed by atoms with van der Waals surface area (Å²) in [6.45, 7) is 0. The average molecular weight is 363 g/mol. The highest BCUT2D eigenvalue weighted by Crippen LogP contribution is 2.33. The molecule has 0 aliphatic heterocycles. The topological polar surface area (TPSA) is 27.6 Å². The highest BCUT2D eigenvalue weighted by atomic mass is 15.3. The van der Waals surface area contributed by atoms with Gasteiger partial charge in [0.2, 0.25) is 0 Å². The Kier molecular flexibility index (Phi) is 5.45. The van der Waals surface area contributed by atoms with E-state index in [1.807, 2.05) is 48.7 Å². The van der Waals surface area contributed by atoms with Gasteiger partial charge in [-0.2, -0.15) is 5.10 Å². The van der Waals surface area contributed by atoms with Crippen LogP contribution in [-0.2, 0) is 0 Å². The number of hydrogen-bond donors (Lipinski definition) is 1. The van der Waals surface area contributed by atoms with Crippen molar-refractivity contribution in [2.75, 3.05) is 10.3 Å². The minimum atomic E-state index is 0.967. The molecule has 4 rings (SSSR count). The highest BCUT2D eigenvalue weighted by Gasteiger charge is 2.11. The predicted octanol–water partition coefficient (Wildman–Crippen LogP) is 6.60. The molecule has 0 spiro atoms. The van der Waals surface area contributed by atoms with Crippen molar-refractivity contribution in [1.82, 2.24) is 0 Å². The van der Waals surface area contributed by atoms with E-state index in [0.717, 1.165) is 28.3 Å². The van der Waals surface area contributed by atoms with Crippen LogP contribution < -0.4 is 10.3 Å². The Morgan fingerprint density at radius 2 is 1.00 bits per heavy atom. The van der Waals surface area contributed by atoms with Gasteiger partial charge in [-0.15, -0.1) is 0 Å². The number of benzene rings is 4. The molecule has 136 valence electrons. The Morgan fingerprint density at radius 3 is 1.54 bits per heavy atom. The van der Waals surface area contributed by atoms with Gasteiger partial charge in [-0.1, -0.05) is 66.7 Å². The molecule has 3 nitrogen and oxygen atoms in total. The van der Waals surface area contributed by atoms with Crippen molar-refractivity contribution < 1.29 is 0 Å². The van der Waals surface area contributed by atoms with Gasteiger partial charge in [0.25, 0.3) is 0 Å². The number of rotatable bonds is 6. The van der Waals surface area contributed by atoms with Crippen molar-refractivity contribution in [2.24, 2.45) is 5.10 Å². The number of nitrogens with zero attached hydrogens (tertiary/aromatic N) is 2. The van der Waals surface area contributed by atoms with E-state index in [2.05, 4.69) is 88.2 Å². The first-order chi connectivity index (χ1) is 13.9. The van der Waals surface area contributed by atoms with Gasteiger partial charge in [0.15, 0.2) is 0 Å². The van der Waals surface area contributed by atoms with Crippen LogP contribution in [0.4, 0.5) is 22.7 Å². The monoisotopic (exact) mass is 363 g/mol. The van der Waals surface area contributed by atoms with Crippen LogP contribution in [0, 0.1) is 0 Å². The second-order valence-electron chi connectivity index (χ2n) is 6.33. The van der Waals surface area contributed by atoms with Gasteiger partial charge >= 0.3 is 0 Å². The molecule has 0 aliphatic rings. The summed E-state index contributed by atoms with van der Waals surface area (Å²) >= 11 is 0. The van der Waals surface area contributed by atoms with E-state index >= 15 is 0 Å². The maximum absolute atomic E-state index is 4.31. The van der Waals surface area contributed by atoms with Crippen LogP contribution in [0.15, 0.2) is 120 Å². The zero-order valence-corrected chi connectivity index (χ0v) is 15.4. The summed E-state index contributed by atoms with van der Waals surface area (Å²) in [5.74, 6) is 0. The van der Waals surface area contributed by atoms with E-state index in [0.29, 0.717) is 0 Å². The Labute approximate surface area is 165 Å². The molecule has 0 amide bonds. The first-order valence-corrected chi connectivity index (χ1v) is 9.24. The largest absolute Gasteiger partial charge is 0.311 e. The Morgan fingerprint density at radius 1 is 0.536 bits per heavy atom. The van der Waals surface area contributed by atoms with E-state index in [4.69, 9.17) is 0 Å². The molecule has 0 unspecified atom stereocenters. The first-order valence-electron chi connectivity index (χ1n) is 9.24. The second kappa shape index (κ2) is 8.69. The molecule has 0 aromatic heterocycles. The zero-order chi connectivity index (χ0) is 19.0. The SMILES string of the molecule is C(=N\Nc1ccccc1)/c1ccc(N(c2ccccc2)c2ccccc2)cc1. The van der Waals surface area contributed by atoms with E-state index < -0.39 is 0 Å². The third-order valence-corrected chi connectivity index (χ3v) is 4.36. The molecule has 0 heterocycles. The van der Waals surface area contributed by atoms with Crippen molar-refractivity contribution >= 4 is 29.0 Å². The quantitative estimate of drug-likeness (QED) is 0.309. The summed E-state index contributed by atoms with van der Waals surface area (Å²) in [6.07, 6.45) is 1.83. The van der Waals surface area contributed by atoms with Crippen LogP contribution in [0.2, 0.25) is 0 Å². The van der Waals surface area contributed by atoms with Gasteiger partial charge in [-0.3, -0.25) is 5.43 Å². The van der Waals surface area contributed by atoms with Gasteiger partial charge in [0.1, 0.15) is 0 Å². The van der Waals surface area contributed by atoms with Crippen molar-refractivity contribution in [3.05, 3.63) is 121 Å². The van der Waals surface area contributed by atoms with Crippen molar-refractivity contribution in [3.63, 3.8) is 0 Å². The van der Waals surface area contributed by atoms with Gasteiger partial charge in [0, 0.05) is 17.1 Å². The molecule has 0 radical (unpaired) electrons. The van der Waals surface area contributed by atoms with Crippen molar-refractivity contribution in [1.29, 1.82) is 0 Å². The zero-order valence-electron chi connectivity index (χ0n) is 15.4. The lowest BCUT2D eigenvalue weighted by molar-refractivity contribution is 1.28. The third kappa shape index (κ3) is 4.27. The summed E-state index contributed by atoms with van der Waals surface area (Å²) in [5.41, 5.74) is 8.40. The fraction of sp³-hybridized carbons (Fsp3) is 0. The van der Waals surface area contributed by atoms with Gasteiger partial charge in [-0.25, -0.2) is 0 Å². The lowest BCUT2D eigenvalue weighted by Crippen LogP contribution is -2.09. The molecular weight excluding hydrogens is 342 g/mol. The summed E-state index contributed by atoms with van der Waals surface area (Å²) in [5, 5.41) is 4.31. The van der Waals surface area contributed by atoms with Gasteiger partial charge in [0.05, 0.1) is 11.9 Å². The van der Waals surface area contributed by atoms with Crippen LogP contribution in [0.25, 0.3) is 0 Å². The average Bonchev–Trinajstić information content (AvgIpc) is 2.77. The fourth-order valence-electron chi connectivity index (χ4n) is 3.00. The number of para-hydroxylation sites is 3. The van der Waals surface area contributed by atoms with Crippen LogP contribution >= 0.6 is 0 Å². The molecule has 0 bridgehead atoms. The van der Waals surface area contributed by atoms with Gasteiger partial charge < -0.3 is 4.90 Å². The summed E-state index contributed by atoms with van der Waals surface area (Å²) < 4.78 is 0. The van der Waals surface area contributed by atoms with E-state index in [9.17, 15) is 0 Å². The molecule has 4 aromatic carbocycles. The minimum Gasteiger partial charge on any atom is -0.311 e. The first kappa shape index (κ1) is 17.6. The molecule has 1 N–H and O–H groups in total. The molecular formula is C25H21N3. The third-order valence-electron chi connectivity index (χ3n) is 4.36. The van der Waals surface area contributed by atoms with Crippen LogP contribution in [0.1, 0.15) is 5.56 Å². The van der Waals surface area contributed by atoms with E-state index in [1.54, 1.807) is 0 Å². The van der Waals surface area contributed by atoms with Crippen molar-refractivity contribution in [2.45, 2.75) is 0 Å². The molecule has 0 atom stereocenters. The Balaban J connectivity index is 1.56. The van der Waals surface area contributed by atoms with Crippen LogP contribution in [-0.4, -0.2) is 6.21 Å². The molecule has 3 heteroatoms. The molecule has 0 fully saturated rings. The molecule has 0 saturated heterocycles. The number of hydrazone groups is 1. The summed E-state index contributed by atoms with van der Waals surface area (Å²) in [6, 6.07) is 39.1. The van der Waals surface area contributed by atoms with Crippen molar-refractivity contribution in [3.8, 4) is 0 Å². The second-order valence-corrected chi connectivity index (χ2v) is 6.33. The molecule has 0 aliphatic carbocycles. The standard InChI is InChI=1S/C25H21N3/c1-4-10-22(11-5-1)27-26-20-21-16-18-25(19-17-21)28(23-12-6-2-7-13-23)24-14-8-3-9-15-24/h1-20,27H/b26-20+.